The van der Waals surface area contributed by atoms with Crippen molar-refractivity contribution in [3.05, 3.63) is 0 Å². The largest absolute Gasteiger partial charge is 0.481 e. The van der Waals surface area contributed by atoms with Crippen molar-refractivity contribution in [2.45, 2.75) is 115 Å². The van der Waals surface area contributed by atoms with Crippen LogP contribution in [-0.2, 0) is 19.1 Å². The van der Waals surface area contributed by atoms with Gasteiger partial charge >= 0.3 is 11.9 Å². The standard InChI is InChI=1S/C24H46O7/c25-20-22(31-19-15-13-17-24(28)29)21-30-18-14-11-9-7-5-3-1-2-4-6-8-10-12-16-23(26)27/h22,25H,1-21H2,(H,26,27)(H,28,29)/t22-/m0/s1. The summed E-state index contributed by atoms with van der Waals surface area (Å²) in [5.74, 6) is -1.48. The first-order chi connectivity index (χ1) is 15.1. The second-order valence-electron chi connectivity index (χ2n) is 8.34. The molecule has 0 aliphatic carbocycles. The maximum Gasteiger partial charge on any atom is 0.303 e. The monoisotopic (exact) mass is 446 g/mol. The molecule has 31 heavy (non-hydrogen) atoms. The highest BCUT2D eigenvalue weighted by Crippen LogP contribution is 2.13. The molecule has 0 unspecified atom stereocenters. The van der Waals surface area contributed by atoms with Gasteiger partial charge in [0.2, 0.25) is 0 Å². The summed E-state index contributed by atoms with van der Waals surface area (Å²) in [5, 5.41) is 26.4. The molecule has 0 rings (SSSR count). The Kier molecular flexibility index (Phi) is 22.6. The highest BCUT2D eigenvalue weighted by atomic mass is 16.5. The number of rotatable bonds is 25. The Morgan fingerprint density at radius 3 is 1.42 bits per heavy atom. The van der Waals surface area contributed by atoms with Crippen LogP contribution in [0.2, 0.25) is 0 Å². The van der Waals surface area contributed by atoms with Crippen LogP contribution in [0.25, 0.3) is 0 Å². The number of carbonyl (C=O) groups is 2. The van der Waals surface area contributed by atoms with Crippen molar-refractivity contribution in [3.8, 4) is 0 Å². The zero-order valence-electron chi connectivity index (χ0n) is 19.4. The number of hydrogen-bond donors (Lipinski definition) is 3. The normalized spacial score (nSPS) is 12.2. The number of unbranched alkanes of at least 4 members (excludes halogenated alkanes) is 13. The second kappa shape index (κ2) is 23.5. The molecular weight excluding hydrogens is 400 g/mol. The van der Waals surface area contributed by atoms with Gasteiger partial charge in [0.05, 0.1) is 13.2 Å². The maximum absolute atomic E-state index is 10.4. The molecule has 0 aromatic carbocycles. The van der Waals surface area contributed by atoms with Gasteiger partial charge < -0.3 is 24.8 Å². The number of ether oxygens (including phenoxy) is 2. The van der Waals surface area contributed by atoms with E-state index < -0.39 is 11.9 Å². The van der Waals surface area contributed by atoms with E-state index in [1.807, 2.05) is 0 Å². The lowest BCUT2D eigenvalue weighted by atomic mass is 10.0. The fourth-order valence-electron chi connectivity index (χ4n) is 3.42. The second-order valence-corrected chi connectivity index (χ2v) is 8.34. The Balaban J connectivity index is 3.24. The third-order valence-electron chi connectivity index (χ3n) is 5.33. The summed E-state index contributed by atoms with van der Waals surface area (Å²) in [7, 11) is 0. The van der Waals surface area contributed by atoms with E-state index in [1.54, 1.807) is 0 Å². The molecule has 0 saturated heterocycles. The number of carboxylic acids is 2. The van der Waals surface area contributed by atoms with Crippen LogP contribution < -0.4 is 0 Å². The molecular formula is C24H46O7. The van der Waals surface area contributed by atoms with E-state index >= 15 is 0 Å². The minimum Gasteiger partial charge on any atom is -0.481 e. The molecule has 0 amide bonds. The highest BCUT2D eigenvalue weighted by molar-refractivity contribution is 5.66. The third kappa shape index (κ3) is 25.0. The molecule has 0 aliphatic heterocycles. The van der Waals surface area contributed by atoms with Crippen molar-refractivity contribution in [2.75, 3.05) is 26.4 Å². The lowest BCUT2D eigenvalue weighted by Crippen LogP contribution is -2.24. The molecule has 0 bridgehead atoms. The average molecular weight is 447 g/mol. The van der Waals surface area contributed by atoms with E-state index in [1.165, 1.54) is 51.4 Å². The lowest BCUT2D eigenvalue weighted by Gasteiger charge is -2.15. The molecule has 3 N–H and O–H groups in total. The van der Waals surface area contributed by atoms with Crippen LogP contribution in [0.1, 0.15) is 109 Å². The van der Waals surface area contributed by atoms with Gasteiger partial charge in [-0.15, -0.1) is 0 Å². The van der Waals surface area contributed by atoms with Gasteiger partial charge in [0.1, 0.15) is 6.10 Å². The van der Waals surface area contributed by atoms with Crippen molar-refractivity contribution < 1.29 is 34.4 Å². The van der Waals surface area contributed by atoms with Crippen molar-refractivity contribution in [1.29, 1.82) is 0 Å². The lowest BCUT2D eigenvalue weighted by molar-refractivity contribution is -0.138. The Morgan fingerprint density at radius 2 is 0.968 bits per heavy atom. The first-order valence-electron chi connectivity index (χ1n) is 12.3. The molecule has 1 atom stereocenters. The molecule has 0 aromatic rings. The van der Waals surface area contributed by atoms with Crippen LogP contribution in [0.3, 0.4) is 0 Å². The summed E-state index contributed by atoms with van der Waals surface area (Å²) in [6, 6.07) is 0. The van der Waals surface area contributed by atoms with Gasteiger partial charge in [-0.2, -0.15) is 0 Å². The van der Waals surface area contributed by atoms with Crippen molar-refractivity contribution in [1.82, 2.24) is 0 Å². The maximum atomic E-state index is 10.4. The zero-order valence-corrected chi connectivity index (χ0v) is 19.4. The summed E-state index contributed by atoms with van der Waals surface area (Å²) < 4.78 is 11.1. The van der Waals surface area contributed by atoms with Crippen LogP contribution in [-0.4, -0.2) is 59.8 Å². The summed E-state index contributed by atoms with van der Waals surface area (Å²) in [5.41, 5.74) is 0. The molecule has 7 nitrogen and oxygen atoms in total. The predicted molar refractivity (Wildman–Crippen MR) is 121 cm³/mol. The highest BCUT2D eigenvalue weighted by Gasteiger charge is 2.08. The molecule has 0 radical (unpaired) electrons. The van der Waals surface area contributed by atoms with Gasteiger partial charge in [-0.25, -0.2) is 0 Å². The first-order valence-corrected chi connectivity index (χ1v) is 12.3. The number of aliphatic hydroxyl groups excluding tert-OH is 1. The van der Waals surface area contributed by atoms with Crippen molar-refractivity contribution in [2.24, 2.45) is 0 Å². The number of carboxylic acid groups (broad SMARTS) is 2. The molecule has 0 spiro atoms. The summed E-state index contributed by atoms with van der Waals surface area (Å²) in [6.45, 7) is 1.44. The van der Waals surface area contributed by atoms with Gasteiger partial charge in [0.15, 0.2) is 0 Å². The summed E-state index contributed by atoms with van der Waals surface area (Å²) >= 11 is 0. The Labute approximate surface area is 188 Å². The Bertz CT molecular complexity index is 415. The molecule has 0 aromatic heterocycles. The van der Waals surface area contributed by atoms with Gasteiger partial charge in [-0.1, -0.05) is 70.6 Å². The van der Waals surface area contributed by atoms with E-state index in [0.717, 1.165) is 32.1 Å². The van der Waals surface area contributed by atoms with E-state index in [2.05, 4.69) is 0 Å². The smallest absolute Gasteiger partial charge is 0.303 e. The van der Waals surface area contributed by atoms with Crippen LogP contribution in [0.5, 0.6) is 0 Å². The molecule has 0 fully saturated rings. The molecule has 7 heteroatoms. The minimum atomic E-state index is -0.791. The van der Waals surface area contributed by atoms with Crippen molar-refractivity contribution in [3.63, 3.8) is 0 Å². The van der Waals surface area contributed by atoms with E-state index in [9.17, 15) is 14.7 Å². The van der Waals surface area contributed by atoms with E-state index in [-0.39, 0.29) is 19.1 Å². The summed E-state index contributed by atoms with van der Waals surface area (Å²) in [4.78, 5) is 20.8. The first kappa shape index (κ1) is 29.8. The molecule has 0 heterocycles. The van der Waals surface area contributed by atoms with Gasteiger partial charge in [0, 0.05) is 26.1 Å². The SMILES string of the molecule is O=C(O)CCCCCCCCCCCCCCCOC[C@H](CO)OCCCCC(=O)O. The fraction of sp³-hybridized carbons (Fsp3) is 0.917. The van der Waals surface area contributed by atoms with Gasteiger partial charge in [-0.05, 0) is 25.7 Å². The molecule has 184 valence electrons. The minimum absolute atomic E-state index is 0.0797. The molecule has 0 saturated carbocycles. The number of aliphatic hydroxyl groups is 1. The fourth-order valence-corrected chi connectivity index (χ4v) is 3.42. The van der Waals surface area contributed by atoms with Crippen LogP contribution in [0, 0.1) is 0 Å². The van der Waals surface area contributed by atoms with E-state index in [4.69, 9.17) is 19.7 Å². The van der Waals surface area contributed by atoms with Crippen molar-refractivity contribution >= 4 is 11.9 Å². The van der Waals surface area contributed by atoms with E-state index in [0.29, 0.717) is 39.1 Å². The quantitative estimate of drug-likeness (QED) is 0.166. The average Bonchev–Trinajstić information content (AvgIpc) is 2.73. The van der Waals surface area contributed by atoms with Gasteiger partial charge in [-0.3, -0.25) is 9.59 Å². The number of hydrogen-bond acceptors (Lipinski definition) is 5. The topological polar surface area (TPSA) is 113 Å². The zero-order chi connectivity index (χ0) is 23.0. The Hall–Kier alpha value is -1.18. The van der Waals surface area contributed by atoms with Crippen LogP contribution in [0.15, 0.2) is 0 Å². The van der Waals surface area contributed by atoms with Crippen LogP contribution in [0.4, 0.5) is 0 Å². The predicted octanol–water partition coefficient (Wildman–Crippen LogP) is 5.18. The number of aliphatic carboxylic acids is 2. The summed E-state index contributed by atoms with van der Waals surface area (Å²) in [6.07, 6.45) is 16.8. The molecule has 0 aliphatic rings. The third-order valence-corrected chi connectivity index (χ3v) is 5.33. The van der Waals surface area contributed by atoms with Gasteiger partial charge in [0.25, 0.3) is 0 Å². The van der Waals surface area contributed by atoms with Crippen LogP contribution >= 0.6 is 0 Å². The Morgan fingerprint density at radius 1 is 0.581 bits per heavy atom.